The van der Waals surface area contributed by atoms with Crippen molar-refractivity contribution >= 4 is 40.9 Å². The number of hydrogen-bond acceptors (Lipinski definition) is 6. The summed E-state index contributed by atoms with van der Waals surface area (Å²) in [5.41, 5.74) is 5.64. The van der Waals surface area contributed by atoms with Crippen molar-refractivity contribution in [1.29, 1.82) is 0 Å². The van der Waals surface area contributed by atoms with Crippen LogP contribution in [-0.2, 0) is 14.3 Å². The van der Waals surface area contributed by atoms with Crippen LogP contribution in [0.4, 0.5) is 16.2 Å². The number of urea groups is 1. The van der Waals surface area contributed by atoms with E-state index >= 15 is 0 Å². The van der Waals surface area contributed by atoms with Crippen molar-refractivity contribution in [2.75, 3.05) is 23.7 Å². The number of halogens is 1. The van der Waals surface area contributed by atoms with Gasteiger partial charge in [-0.2, -0.15) is 0 Å². The van der Waals surface area contributed by atoms with Crippen LogP contribution in [0.15, 0.2) is 18.2 Å². The molecule has 0 saturated carbocycles. The second kappa shape index (κ2) is 6.44. The van der Waals surface area contributed by atoms with E-state index in [9.17, 15) is 14.4 Å². The van der Waals surface area contributed by atoms with Crippen LogP contribution in [0.5, 0.6) is 0 Å². The van der Waals surface area contributed by atoms with Gasteiger partial charge in [-0.15, -0.1) is 0 Å². The number of carbonyl (C=O) groups excluding carboxylic acids is 3. The average molecular weight is 381 g/mol. The number of esters is 1. The standard InChI is InChI=1S/C17H21ClN4O4/c1-17(2,3)26-15(24)13-8-20-7-12-14(23)22(16(25)21(12)13)11-5-4-9(19)6-10(11)18/h4-6,12-13,20H,7-8,19H2,1-3H3. The Morgan fingerprint density at radius 1 is 1.31 bits per heavy atom. The minimum atomic E-state index is -0.887. The molecule has 1 aromatic carbocycles. The number of nitrogens with zero attached hydrogens (tertiary/aromatic N) is 2. The molecule has 1 aromatic rings. The van der Waals surface area contributed by atoms with Gasteiger partial charge < -0.3 is 15.8 Å². The molecule has 2 unspecified atom stereocenters. The topological polar surface area (TPSA) is 105 Å². The molecular weight excluding hydrogens is 360 g/mol. The molecule has 2 atom stereocenters. The molecule has 2 aliphatic rings. The van der Waals surface area contributed by atoms with E-state index in [1.54, 1.807) is 26.8 Å². The lowest BCUT2D eigenvalue weighted by Gasteiger charge is -2.35. The number of imide groups is 1. The van der Waals surface area contributed by atoms with Gasteiger partial charge in [0, 0.05) is 18.8 Å². The van der Waals surface area contributed by atoms with Crippen LogP contribution in [0.2, 0.25) is 5.02 Å². The first kappa shape index (κ1) is 18.5. The average Bonchev–Trinajstić information content (AvgIpc) is 2.78. The lowest BCUT2D eigenvalue weighted by Crippen LogP contribution is -2.60. The third-order valence-electron chi connectivity index (χ3n) is 4.16. The summed E-state index contributed by atoms with van der Waals surface area (Å²) in [7, 11) is 0. The molecule has 140 valence electrons. The maximum Gasteiger partial charge on any atom is 0.332 e. The fourth-order valence-electron chi connectivity index (χ4n) is 3.10. The Kier molecular flexibility index (Phi) is 4.58. The second-order valence-corrected chi connectivity index (χ2v) is 7.70. The Balaban J connectivity index is 1.93. The first-order chi connectivity index (χ1) is 12.1. The largest absolute Gasteiger partial charge is 0.458 e. The molecule has 0 bridgehead atoms. The number of piperazine rings is 1. The summed E-state index contributed by atoms with van der Waals surface area (Å²) < 4.78 is 5.40. The molecule has 3 amide bonds. The van der Waals surface area contributed by atoms with Crippen molar-refractivity contribution < 1.29 is 19.1 Å². The molecule has 0 spiro atoms. The van der Waals surface area contributed by atoms with Gasteiger partial charge in [-0.25, -0.2) is 14.5 Å². The summed E-state index contributed by atoms with van der Waals surface area (Å²) in [5, 5.41) is 3.21. The van der Waals surface area contributed by atoms with Crippen molar-refractivity contribution in [3.63, 3.8) is 0 Å². The summed E-state index contributed by atoms with van der Waals surface area (Å²) >= 11 is 6.17. The summed E-state index contributed by atoms with van der Waals surface area (Å²) in [6, 6.07) is 2.27. The number of ether oxygens (including phenoxy) is 1. The number of nitrogens with two attached hydrogens (primary N) is 1. The monoisotopic (exact) mass is 380 g/mol. The predicted molar refractivity (Wildman–Crippen MR) is 96.9 cm³/mol. The van der Waals surface area contributed by atoms with Crippen molar-refractivity contribution in [3.8, 4) is 0 Å². The molecule has 2 aliphatic heterocycles. The zero-order chi connectivity index (χ0) is 19.2. The molecule has 26 heavy (non-hydrogen) atoms. The van der Waals surface area contributed by atoms with Gasteiger partial charge in [-0.3, -0.25) is 9.69 Å². The Hall–Kier alpha value is -2.32. The molecule has 0 aliphatic carbocycles. The molecule has 2 fully saturated rings. The normalized spacial score (nSPS) is 23.2. The zero-order valence-electron chi connectivity index (χ0n) is 14.8. The Bertz CT molecular complexity index is 777. The molecule has 2 saturated heterocycles. The Morgan fingerprint density at radius 2 is 2.00 bits per heavy atom. The minimum absolute atomic E-state index is 0.188. The number of hydrogen-bond donors (Lipinski definition) is 2. The number of carbonyl (C=O) groups is 3. The van der Waals surface area contributed by atoms with Gasteiger partial charge in [-0.05, 0) is 39.0 Å². The number of benzene rings is 1. The van der Waals surface area contributed by atoms with Crippen LogP contribution < -0.4 is 16.0 Å². The Labute approximate surface area is 156 Å². The molecule has 3 N–H and O–H groups in total. The maximum absolute atomic E-state index is 13.0. The van der Waals surface area contributed by atoms with Crippen molar-refractivity contribution in [3.05, 3.63) is 23.2 Å². The number of nitrogen functional groups attached to an aromatic ring is 1. The molecular formula is C17H21ClN4O4. The van der Waals surface area contributed by atoms with E-state index in [2.05, 4.69) is 5.32 Å². The van der Waals surface area contributed by atoms with Crippen molar-refractivity contribution in [2.24, 2.45) is 0 Å². The fraction of sp³-hybridized carbons (Fsp3) is 0.471. The number of rotatable bonds is 2. The summed E-state index contributed by atoms with van der Waals surface area (Å²) in [4.78, 5) is 40.6. The molecule has 0 aromatic heterocycles. The SMILES string of the molecule is CC(C)(C)OC(=O)C1CNCC2C(=O)N(c3ccc(N)cc3Cl)C(=O)N12. The molecule has 9 heteroatoms. The maximum atomic E-state index is 13.0. The van der Waals surface area contributed by atoms with E-state index in [4.69, 9.17) is 22.1 Å². The first-order valence-corrected chi connectivity index (χ1v) is 8.63. The quantitative estimate of drug-likeness (QED) is 0.456. The summed E-state index contributed by atoms with van der Waals surface area (Å²) in [6.07, 6.45) is 0. The van der Waals surface area contributed by atoms with Crippen molar-refractivity contribution in [1.82, 2.24) is 10.2 Å². The number of nitrogens with one attached hydrogen (secondary N) is 1. The van der Waals surface area contributed by atoms with Crippen LogP contribution in [0.25, 0.3) is 0 Å². The van der Waals surface area contributed by atoms with Gasteiger partial charge in [0.2, 0.25) is 0 Å². The van der Waals surface area contributed by atoms with Crippen LogP contribution >= 0.6 is 11.6 Å². The molecule has 0 radical (unpaired) electrons. The van der Waals surface area contributed by atoms with E-state index in [-0.39, 0.29) is 23.8 Å². The molecule has 2 heterocycles. The van der Waals surface area contributed by atoms with Gasteiger partial charge in [0.05, 0.1) is 10.7 Å². The molecule has 3 rings (SSSR count). The lowest BCUT2D eigenvalue weighted by atomic mass is 10.1. The van der Waals surface area contributed by atoms with E-state index < -0.39 is 35.6 Å². The van der Waals surface area contributed by atoms with Gasteiger partial charge >= 0.3 is 12.0 Å². The fourth-order valence-corrected chi connectivity index (χ4v) is 3.37. The smallest absolute Gasteiger partial charge is 0.332 e. The number of fused-ring (bicyclic) bond motifs is 1. The van der Waals surface area contributed by atoms with Gasteiger partial charge in [0.15, 0.2) is 0 Å². The van der Waals surface area contributed by atoms with E-state index in [0.29, 0.717) is 5.69 Å². The minimum Gasteiger partial charge on any atom is -0.458 e. The van der Waals surface area contributed by atoms with Crippen LogP contribution in [-0.4, -0.2) is 53.6 Å². The first-order valence-electron chi connectivity index (χ1n) is 8.25. The highest BCUT2D eigenvalue weighted by Crippen LogP contribution is 2.34. The van der Waals surface area contributed by atoms with E-state index in [1.807, 2.05) is 0 Å². The van der Waals surface area contributed by atoms with Crippen molar-refractivity contribution in [2.45, 2.75) is 38.5 Å². The highest BCUT2D eigenvalue weighted by Gasteiger charge is 2.53. The second-order valence-electron chi connectivity index (χ2n) is 7.30. The number of anilines is 2. The summed E-state index contributed by atoms with van der Waals surface area (Å²) in [6.45, 7) is 5.71. The van der Waals surface area contributed by atoms with Crippen LogP contribution in [0, 0.1) is 0 Å². The third-order valence-corrected chi connectivity index (χ3v) is 4.46. The van der Waals surface area contributed by atoms with Gasteiger partial charge in [0.25, 0.3) is 5.91 Å². The molecule has 8 nitrogen and oxygen atoms in total. The number of amides is 3. The summed E-state index contributed by atoms with van der Waals surface area (Å²) in [5.74, 6) is -0.997. The highest BCUT2D eigenvalue weighted by molar-refractivity contribution is 6.36. The highest BCUT2D eigenvalue weighted by atomic mass is 35.5. The Morgan fingerprint density at radius 3 is 2.62 bits per heavy atom. The lowest BCUT2D eigenvalue weighted by molar-refractivity contribution is -0.161. The van der Waals surface area contributed by atoms with Gasteiger partial charge in [-0.1, -0.05) is 11.6 Å². The zero-order valence-corrected chi connectivity index (χ0v) is 15.5. The van der Waals surface area contributed by atoms with E-state index in [0.717, 1.165) is 4.90 Å². The third kappa shape index (κ3) is 3.22. The van der Waals surface area contributed by atoms with Crippen LogP contribution in [0.3, 0.4) is 0 Å². The van der Waals surface area contributed by atoms with Gasteiger partial charge in [0.1, 0.15) is 17.7 Å². The predicted octanol–water partition coefficient (Wildman–Crippen LogP) is 1.37. The van der Waals surface area contributed by atoms with Crippen LogP contribution in [0.1, 0.15) is 20.8 Å². The van der Waals surface area contributed by atoms with E-state index in [1.165, 1.54) is 17.0 Å².